The van der Waals surface area contributed by atoms with Gasteiger partial charge in [-0.2, -0.15) is 0 Å². The molecule has 0 aromatic heterocycles. The molecule has 0 radical (unpaired) electrons. The Hall–Kier alpha value is -0.870. The Morgan fingerprint density at radius 2 is 2.43 bits per heavy atom. The van der Waals surface area contributed by atoms with Crippen molar-refractivity contribution in [3.63, 3.8) is 0 Å². The number of carbonyl (C=O) groups is 1. The van der Waals surface area contributed by atoms with Crippen LogP contribution in [0.1, 0.15) is 13.3 Å². The lowest BCUT2D eigenvalue weighted by Gasteiger charge is -2.38. The third-order valence-corrected chi connectivity index (χ3v) is 2.35. The van der Waals surface area contributed by atoms with E-state index >= 15 is 0 Å². The van der Waals surface area contributed by atoms with Crippen LogP contribution in [-0.4, -0.2) is 31.7 Å². The average Bonchev–Trinajstić information content (AvgIpc) is 2.11. The molecule has 1 fully saturated rings. The topological polar surface area (TPSA) is 64.4 Å². The van der Waals surface area contributed by atoms with Crippen molar-refractivity contribution in [1.82, 2.24) is 5.32 Å². The lowest BCUT2D eigenvalue weighted by Crippen LogP contribution is -2.51. The van der Waals surface area contributed by atoms with Crippen LogP contribution in [0, 0.1) is 5.41 Å². The van der Waals surface area contributed by atoms with Crippen LogP contribution in [0.2, 0.25) is 0 Å². The summed E-state index contributed by atoms with van der Waals surface area (Å²) in [6.07, 6.45) is 2.16. The molecule has 0 aromatic carbocycles. The molecule has 1 unspecified atom stereocenters. The van der Waals surface area contributed by atoms with Gasteiger partial charge in [0, 0.05) is 12.0 Å². The van der Waals surface area contributed by atoms with Gasteiger partial charge < -0.3 is 15.8 Å². The van der Waals surface area contributed by atoms with Gasteiger partial charge >= 0.3 is 0 Å². The Kier molecular flexibility index (Phi) is 3.66. The van der Waals surface area contributed by atoms with Crippen molar-refractivity contribution in [3.05, 3.63) is 12.7 Å². The molecule has 80 valence electrons. The minimum Gasteiger partial charge on any atom is -0.380 e. The minimum absolute atomic E-state index is 0.101. The van der Waals surface area contributed by atoms with E-state index in [9.17, 15) is 4.79 Å². The summed E-state index contributed by atoms with van der Waals surface area (Å²) in [4.78, 5) is 11.4. The Morgan fingerprint density at radius 1 is 1.79 bits per heavy atom. The summed E-state index contributed by atoms with van der Waals surface area (Å²) in [7, 11) is 0. The van der Waals surface area contributed by atoms with Gasteiger partial charge in [0.15, 0.2) is 0 Å². The van der Waals surface area contributed by atoms with Gasteiger partial charge in [0.25, 0.3) is 0 Å². The molecule has 4 nitrogen and oxygen atoms in total. The molecule has 4 heteroatoms. The molecule has 0 bridgehead atoms. The molecular weight excluding hydrogens is 180 g/mol. The van der Waals surface area contributed by atoms with E-state index in [4.69, 9.17) is 10.5 Å². The van der Waals surface area contributed by atoms with Gasteiger partial charge in [-0.1, -0.05) is 13.0 Å². The first-order chi connectivity index (χ1) is 6.57. The second-order valence-electron chi connectivity index (χ2n) is 4.15. The first kappa shape index (κ1) is 11.2. The molecule has 0 saturated carbocycles. The number of ether oxygens (including phenoxy) is 1. The molecule has 1 atom stereocenters. The number of rotatable bonds is 5. The molecule has 0 aromatic rings. The molecule has 1 aliphatic heterocycles. The maximum Gasteiger partial charge on any atom is 0.237 e. The lowest BCUT2D eigenvalue weighted by molar-refractivity contribution is -0.127. The largest absolute Gasteiger partial charge is 0.380 e. The van der Waals surface area contributed by atoms with Gasteiger partial charge in [-0.15, -0.1) is 6.58 Å². The van der Waals surface area contributed by atoms with Crippen molar-refractivity contribution in [2.75, 3.05) is 19.8 Å². The molecule has 14 heavy (non-hydrogen) atoms. The number of amides is 1. The van der Waals surface area contributed by atoms with Gasteiger partial charge in [0.1, 0.15) is 0 Å². The van der Waals surface area contributed by atoms with Gasteiger partial charge in [0.05, 0.1) is 19.3 Å². The molecule has 1 heterocycles. The third kappa shape index (κ3) is 2.82. The molecule has 1 aliphatic rings. The van der Waals surface area contributed by atoms with Crippen LogP contribution in [0.25, 0.3) is 0 Å². The highest BCUT2D eigenvalue weighted by Gasteiger charge is 2.33. The summed E-state index contributed by atoms with van der Waals surface area (Å²) in [5.74, 6) is -0.113. The van der Waals surface area contributed by atoms with Gasteiger partial charge in [0.2, 0.25) is 5.91 Å². The quantitative estimate of drug-likeness (QED) is 0.613. The Bertz CT molecular complexity index is 224. The van der Waals surface area contributed by atoms with E-state index in [1.54, 1.807) is 6.08 Å². The van der Waals surface area contributed by atoms with E-state index < -0.39 is 6.04 Å². The molecule has 1 amide bonds. The number of hydrogen-bond acceptors (Lipinski definition) is 3. The molecule has 1 rings (SSSR count). The Labute approximate surface area is 84.5 Å². The van der Waals surface area contributed by atoms with Crippen LogP contribution in [0.3, 0.4) is 0 Å². The lowest BCUT2D eigenvalue weighted by atomic mass is 9.88. The standard InChI is InChI=1S/C10H18N2O2/c1-3-4-8(11)9(13)12-5-10(2)6-14-7-10/h3,8H,1,4-7,11H2,2H3,(H,12,13). The summed E-state index contributed by atoms with van der Waals surface area (Å²) < 4.78 is 5.08. The van der Waals surface area contributed by atoms with Crippen LogP contribution in [-0.2, 0) is 9.53 Å². The summed E-state index contributed by atoms with van der Waals surface area (Å²) in [5, 5.41) is 2.82. The van der Waals surface area contributed by atoms with Crippen LogP contribution in [0.15, 0.2) is 12.7 Å². The highest BCUT2D eigenvalue weighted by Crippen LogP contribution is 2.24. The maximum absolute atomic E-state index is 11.4. The fourth-order valence-electron chi connectivity index (χ4n) is 1.27. The van der Waals surface area contributed by atoms with Crippen molar-refractivity contribution >= 4 is 5.91 Å². The smallest absolute Gasteiger partial charge is 0.237 e. The van der Waals surface area contributed by atoms with E-state index in [1.165, 1.54) is 0 Å². The normalized spacial score (nSPS) is 20.7. The number of nitrogens with two attached hydrogens (primary N) is 1. The zero-order chi connectivity index (χ0) is 10.6. The second kappa shape index (κ2) is 4.57. The summed E-state index contributed by atoms with van der Waals surface area (Å²) in [6.45, 7) is 7.68. The Balaban J connectivity index is 2.23. The summed E-state index contributed by atoms with van der Waals surface area (Å²) in [5.41, 5.74) is 5.70. The SMILES string of the molecule is C=CCC(N)C(=O)NCC1(C)COC1. The van der Waals surface area contributed by atoms with Crippen LogP contribution >= 0.6 is 0 Å². The number of hydrogen-bond donors (Lipinski definition) is 2. The predicted octanol–water partition coefficient (Wildman–Crippen LogP) is 0.0425. The highest BCUT2D eigenvalue weighted by molar-refractivity contribution is 5.81. The monoisotopic (exact) mass is 198 g/mol. The molecule has 3 N–H and O–H groups in total. The van der Waals surface area contributed by atoms with Gasteiger partial charge in [-0.25, -0.2) is 0 Å². The van der Waals surface area contributed by atoms with Crippen LogP contribution in [0.4, 0.5) is 0 Å². The Morgan fingerprint density at radius 3 is 2.86 bits per heavy atom. The first-order valence-corrected chi connectivity index (χ1v) is 4.79. The maximum atomic E-state index is 11.4. The van der Waals surface area contributed by atoms with Gasteiger partial charge in [-0.05, 0) is 6.42 Å². The van der Waals surface area contributed by atoms with Crippen LogP contribution in [0.5, 0.6) is 0 Å². The zero-order valence-electron chi connectivity index (χ0n) is 8.58. The van der Waals surface area contributed by atoms with Crippen molar-refractivity contribution in [2.45, 2.75) is 19.4 Å². The van der Waals surface area contributed by atoms with Crippen molar-refractivity contribution < 1.29 is 9.53 Å². The predicted molar refractivity (Wildman–Crippen MR) is 54.7 cm³/mol. The molecule has 0 aliphatic carbocycles. The van der Waals surface area contributed by atoms with Crippen molar-refractivity contribution in [2.24, 2.45) is 11.1 Å². The van der Waals surface area contributed by atoms with E-state index in [0.29, 0.717) is 26.2 Å². The summed E-state index contributed by atoms with van der Waals surface area (Å²) in [6, 6.07) is -0.475. The highest BCUT2D eigenvalue weighted by atomic mass is 16.5. The first-order valence-electron chi connectivity index (χ1n) is 4.79. The number of nitrogens with one attached hydrogen (secondary N) is 1. The van der Waals surface area contributed by atoms with E-state index in [-0.39, 0.29) is 11.3 Å². The zero-order valence-corrected chi connectivity index (χ0v) is 8.58. The van der Waals surface area contributed by atoms with E-state index in [1.807, 2.05) is 0 Å². The van der Waals surface area contributed by atoms with Crippen LogP contribution < -0.4 is 11.1 Å². The van der Waals surface area contributed by atoms with Gasteiger partial charge in [-0.3, -0.25) is 4.79 Å². The fraction of sp³-hybridized carbons (Fsp3) is 0.700. The molecule has 1 saturated heterocycles. The third-order valence-electron chi connectivity index (χ3n) is 2.35. The fourth-order valence-corrected chi connectivity index (χ4v) is 1.27. The molecule has 0 spiro atoms. The second-order valence-corrected chi connectivity index (χ2v) is 4.15. The van der Waals surface area contributed by atoms with Crippen molar-refractivity contribution in [3.8, 4) is 0 Å². The van der Waals surface area contributed by atoms with Crippen molar-refractivity contribution in [1.29, 1.82) is 0 Å². The van der Waals surface area contributed by atoms with E-state index in [0.717, 1.165) is 0 Å². The van der Waals surface area contributed by atoms with E-state index in [2.05, 4.69) is 18.8 Å². The summed E-state index contributed by atoms with van der Waals surface area (Å²) >= 11 is 0. The average molecular weight is 198 g/mol. The number of carbonyl (C=O) groups excluding carboxylic acids is 1. The minimum atomic E-state index is -0.475. The molecular formula is C10H18N2O2.